The van der Waals surface area contributed by atoms with E-state index in [1.54, 1.807) is 6.92 Å². The van der Waals surface area contributed by atoms with Gasteiger partial charge in [0.25, 0.3) is 11.5 Å². The average molecular weight is 372 g/mol. The first-order chi connectivity index (χ1) is 13.0. The molecular weight excluding hydrogens is 348 g/mol. The van der Waals surface area contributed by atoms with Gasteiger partial charge in [-0.25, -0.2) is 4.79 Å². The number of nitrogens with zero attached hydrogens (tertiary/aromatic N) is 2. The van der Waals surface area contributed by atoms with E-state index in [1.165, 1.54) is 9.47 Å². The van der Waals surface area contributed by atoms with Crippen molar-refractivity contribution in [2.24, 2.45) is 0 Å². The number of rotatable bonds is 6. The summed E-state index contributed by atoms with van der Waals surface area (Å²) in [5.74, 6) is 0.316. The molecule has 2 aromatic rings. The molecule has 144 valence electrons. The van der Waals surface area contributed by atoms with E-state index in [9.17, 15) is 14.4 Å². The van der Waals surface area contributed by atoms with Gasteiger partial charge in [-0.05, 0) is 25.0 Å². The van der Waals surface area contributed by atoms with Crippen LogP contribution in [0.2, 0.25) is 0 Å². The van der Waals surface area contributed by atoms with Gasteiger partial charge in [0.05, 0.1) is 0 Å². The molecule has 8 heteroatoms. The van der Waals surface area contributed by atoms with Crippen LogP contribution >= 0.6 is 0 Å². The molecule has 1 atom stereocenters. The van der Waals surface area contributed by atoms with Crippen molar-refractivity contribution in [1.29, 1.82) is 0 Å². The zero-order valence-corrected chi connectivity index (χ0v) is 15.5. The molecule has 0 bridgehead atoms. The Morgan fingerprint density at radius 2 is 2.07 bits per heavy atom. The van der Waals surface area contributed by atoms with E-state index in [0.29, 0.717) is 18.7 Å². The number of fused-ring (bicyclic) bond motifs is 1. The van der Waals surface area contributed by atoms with Gasteiger partial charge in [0.1, 0.15) is 11.6 Å². The quantitative estimate of drug-likeness (QED) is 0.793. The van der Waals surface area contributed by atoms with Crippen LogP contribution in [0.5, 0.6) is 5.75 Å². The second-order valence-corrected chi connectivity index (χ2v) is 6.50. The number of aromatic amines is 1. The van der Waals surface area contributed by atoms with Crippen LogP contribution < -0.4 is 26.6 Å². The maximum Gasteiger partial charge on any atom is 0.330 e. The van der Waals surface area contributed by atoms with Crippen LogP contribution in [0.4, 0.5) is 11.5 Å². The van der Waals surface area contributed by atoms with Gasteiger partial charge in [-0.1, -0.05) is 31.5 Å². The van der Waals surface area contributed by atoms with E-state index >= 15 is 0 Å². The van der Waals surface area contributed by atoms with Crippen molar-refractivity contribution in [2.75, 3.05) is 17.2 Å². The average Bonchev–Trinajstić information content (AvgIpc) is 3.08. The second-order valence-electron chi connectivity index (χ2n) is 6.50. The number of hydrogen-bond donors (Lipinski definition) is 2. The summed E-state index contributed by atoms with van der Waals surface area (Å²) in [4.78, 5) is 41.2. The number of nitrogen functional groups attached to an aromatic ring is 1. The Kier molecular flexibility index (Phi) is 5.34. The minimum Gasteiger partial charge on any atom is -0.480 e. The summed E-state index contributed by atoms with van der Waals surface area (Å²) in [6.07, 6.45) is 1.30. The lowest BCUT2D eigenvalue weighted by atomic mass is 10.1. The van der Waals surface area contributed by atoms with Crippen LogP contribution in [-0.2, 0) is 17.8 Å². The molecule has 1 aromatic heterocycles. The van der Waals surface area contributed by atoms with Crippen LogP contribution in [0.15, 0.2) is 33.9 Å². The topological polar surface area (TPSA) is 110 Å². The summed E-state index contributed by atoms with van der Waals surface area (Å²) in [5, 5.41) is 0. The highest BCUT2D eigenvalue weighted by molar-refractivity contribution is 5.99. The number of benzene rings is 1. The van der Waals surface area contributed by atoms with E-state index < -0.39 is 17.4 Å². The molecule has 2 heterocycles. The summed E-state index contributed by atoms with van der Waals surface area (Å²) in [7, 11) is 0. The predicted molar refractivity (Wildman–Crippen MR) is 103 cm³/mol. The van der Waals surface area contributed by atoms with E-state index in [2.05, 4.69) is 4.98 Å². The molecule has 1 amide bonds. The third-order valence-corrected chi connectivity index (χ3v) is 4.72. The number of nitrogens with two attached hydrogens (primary N) is 1. The molecule has 0 saturated heterocycles. The van der Waals surface area contributed by atoms with Crippen LogP contribution in [-0.4, -0.2) is 28.1 Å². The van der Waals surface area contributed by atoms with Gasteiger partial charge in [-0.3, -0.25) is 19.1 Å². The molecule has 8 nitrogen and oxygen atoms in total. The second kappa shape index (κ2) is 7.69. The fourth-order valence-corrected chi connectivity index (χ4v) is 3.29. The summed E-state index contributed by atoms with van der Waals surface area (Å²) in [6, 6.07) is 7.45. The Hall–Kier alpha value is -3.03. The minimum absolute atomic E-state index is 0.00207. The van der Waals surface area contributed by atoms with Gasteiger partial charge in [0.2, 0.25) is 0 Å². The third kappa shape index (κ3) is 3.47. The highest BCUT2D eigenvalue weighted by Gasteiger charge is 2.34. The Morgan fingerprint density at radius 1 is 1.33 bits per heavy atom. The molecule has 3 N–H and O–H groups in total. The number of nitrogens with one attached hydrogen (secondary N) is 1. The molecule has 0 saturated carbocycles. The minimum atomic E-state index is -0.725. The zero-order chi connectivity index (χ0) is 19.6. The van der Waals surface area contributed by atoms with E-state index in [-0.39, 0.29) is 24.0 Å². The van der Waals surface area contributed by atoms with E-state index in [0.717, 1.165) is 18.4 Å². The summed E-state index contributed by atoms with van der Waals surface area (Å²) < 4.78 is 7.06. The van der Waals surface area contributed by atoms with Gasteiger partial charge in [-0.2, -0.15) is 0 Å². The Morgan fingerprint density at radius 3 is 2.74 bits per heavy atom. The smallest absolute Gasteiger partial charge is 0.330 e. The van der Waals surface area contributed by atoms with Crippen molar-refractivity contribution in [3.8, 4) is 5.75 Å². The van der Waals surface area contributed by atoms with Crippen molar-refractivity contribution in [3.05, 3.63) is 50.7 Å². The molecule has 1 aliphatic heterocycles. The van der Waals surface area contributed by atoms with Crippen LogP contribution in [0.3, 0.4) is 0 Å². The number of unbranched alkanes of at least 4 members (excludes halogenated alkanes) is 1. The number of hydrogen-bond acceptors (Lipinski definition) is 5. The predicted octanol–water partition coefficient (Wildman–Crippen LogP) is 1.28. The van der Waals surface area contributed by atoms with Crippen LogP contribution in [0.25, 0.3) is 0 Å². The summed E-state index contributed by atoms with van der Waals surface area (Å²) >= 11 is 0. The van der Waals surface area contributed by atoms with Gasteiger partial charge in [-0.15, -0.1) is 0 Å². The number of aromatic nitrogens is 2. The van der Waals surface area contributed by atoms with E-state index in [4.69, 9.17) is 10.5 Å². The first-order valence-electron chi connectivity index (χ1n) is 9.16. The molecule has 1 unspecified atom stereocenters. The Labute approximate surface area is 156 Å². The molecule has 1 aromatic carbocycles. The molecule has 3 rings (SSSR count). The largest absolute Gasteiger partial charge is 0.480 e. The Bertz CT molecular complexity index is 938. The SMILES string of the molecule is CCCCn1c(N)c(N(CC)C(=O)C2Cc3ccccc3O2)c(=O)[nH]c1=O. The van der Waals surface area contributed by atoms with Crippen LogP contribution in [0, 0.1) is 0 Å². The summed E-state index contributed by atoms with van der Waals surface area (Å²) in [6.45, 7) is 4.35. The van der Waals surface area contributed by atoms with Crippen molar-refractivity contribution in [1.82, 2.24) is 9.55 Å². The number of carbonyl (C=O) groups excluding carboxylic acids is 1. The van der Waals surface area contributed by atoms with Crippen molar-refractivity contribution >= 4 is 17.4 Å². The third-order valence-electron chi connectivity index (χ3n) is 4.72. The standard InChI is InChI=1S/C19H24N4O4/c1-3-5-10-23-16(20)15(17(24)21-19(23)26)22(4-2)18(25)14-11-12-8-6-7-9-13(12)27-14/h6-9,14H,3-5,10-11,20H2,1-2H3,(H,21,24,26). The highest BCUT2D eigenvalue weighted by atomic mass is 16.5. The number of carbonyl (C=O) groups is 1. The lowest BCUT2D eigenvalue weighted by Crippen LogP contribution is -2.46. The van der Waals surface area contributed by atoms with Gasteiger partial charge >= 0.3 is 5.69 Å². The first-order valence-corrected chi connectivity index (χ1v) is 9.16. The monoisotopic (exact) mass is 372 g/mol. The van der Waals surface area contributed by atoms with Crippen molar-refractivity contribution in [3.63, 3.8) is 0 Å². The fourth-order valence-electron chi connectivity index (χ4n) is 3.29. The lowest BCUT2D eigenvalue weighted by Gasteiger charge is -2.25. The highest BCUT2D eigenvalue weighted by Crippen LogP contribution is 2.30. The van der Waals surface area contributed by atoms with Crippen molar-refractivity contribution in [2.45, 2.75) is 45.8 Å². The maximum atomic E-state index is 13.1. The number of amides is 1. The normalized spacial score (nSPS) is 15.3. The molecule has 0 radical (unpaired) electrons. The molecule has 0 aliphatic carbocycles. The van der Waals surface area contributed by atoms with Gasteiger partial charge < -0.3 is 15.4 Å². The molecular formula is C19H24N4O4. The van der Waals surface area contributed by atoms with Crippen LogP contribution in [0.1, 0.15) is 32.3 Å². The number of H-pyrrole nitrogens is 1. The Balaban J connectivity index is 1.95. The first kappa shape index (κ1) is 18.8. The maximum absolute atomic E-state index is 13.1. The fraction of sp³-hybridized carbons (Fsp3) is 0.421. The number of likely N-dealkylation sites (N-methyl/N-ethyl adjacent to an activating group) is 1. The lowest BCUT2D eigenvalue weighted by molar-refractivity contribution is -0.124. The van der Waals surface area contributed by atoms with E-state index in [1.807, 2.05) is 31.2 Å². The van der Waals surface area contributed by atoms with Gasteiger partial charge in [0, 0.05) is 19.5 Å². The summed E-state index contributed by atoms with van der Waals surface area (Å²) in [5.41, 5.74) is 5.84. The van der Waals surface area contributed by atoms with Crippen molar-refractivity contribution < 1.29 is 9.53 Å². The zero-order valence-electron chi connectivity index (χ0n) is 15.5. The number of ether oxygens (including phenoxy) is 1. The number of anilines is 2. The molecule has 0 spiro atoms. The molecule has 1 aliphatic rings. The molecule has 27 heavy (non-hydrogen) atoms. The number of para-hydroxylation sites is 1. The molecule has 0 fully saturated rings. The van der Waals surface area contributed by atoms with Gasteiger partial charge in [0.15, 0.2) is 11.8 Å².